The number of benzene rings is 1. The lowest BCUT2D eigenvalue weighted by atomic mass is 9.79. The second kappa shape index (κ2) is 4.60. The standard InChI is InChI=1S/C14H21ClN2/c1-14(2,3)11-8-13(17(16)9-11)10-5-4-6-12(15)7-10/h4-7,11,13H,8-9,16H2,1-3H3. The normalized spacial score (nSPS) is 26.4. The van der Waals surface area contributed by atoms with Gasteiger partial charge in [-0.05, 0) is 35.4 Å². The van der Waals surface area contributed by atoms with E-state index in [1.807, 2.05) is 23.2 Å². The number of nitrogens with zero attached hydrogens (tertiary/aromatic N) is 1. The first kappa shape index (κ1) is 12.9. The molecule has 0 amide bonds. The van der Waals surface area contributed by atoms with Crippen LogP contribution in [0.15, 0.2) is 24.3 Å². The molecule has 1 fully saturated rings. The maximum Gasteiger partial charge on any atom is 0.0494 e. The first-order valence-corrected chi connectivity index (χ1v) is 6.52. The van der Waals surface area contributed by atoms with Gasteiger partial charge in [0.25, 0.3) is 0 Å². The van der Waals surface area contributed by atoms with Gasteiger partial charge in [0.2, 0.25) is 0 Å². The first-order valence-electron chi connectivity index (χ1n) is 6.15. The first-order chi connectivity index (χ1) is 7.88. The van der Waals surface area contributed by atoms with E-state index in [2.05, 4.69) is 26.8 Å². The molecule has 0 spiro atoms. The Bertz CT molecular complexity index is 397. The molecule has 0 aromatic heterocycles. The lowest BCUT2D eigenvalue weighted by molar-refractivity contribution is 0.223. The Labute approximate surface area is 109 Å². The second-order valence-electron chi connectivity index (χ2n) is 6.07. The van der Waals surface area contributed by atoms with Crippen LogP contribution in [0.2, 0.25) is 5.02 Å². The summed E-state index contributed by atoms with van der Waals surface area (Å²) >= 11 is 6.04. The summed E-state index contributed by atoms with van der Waals surface area (Å²) in [5.41, 5.74) is 1.54. The topological polar surface area (TPSA) is 29.3 Å². The number of hydrazine groups is 1. The summed E-state index contributed by atoms with van der Waals surface area (Å²) in [6, 6.07) is 8.34. The van der Waals surface area contributed by atoms with Gasteiger partial charge in [0, 0.05) is 17.6 Å². The van der Waals surface area contributed by atoms with Crippen molar-refractivity contribution < 1.29 is 0 Å². The van der Waals surface area contributed by atoms with E-state index in [1.54, 1.807) is 0 Å². The third-order valence-electron chi connectivity index (χ3n) is 3.80. The smallest absolute Gasteiger partial charge is 0.0494 e. The van der Waals surface area contributed by atoms with Gasteiger partial charge in [-0.15, -0.1) is 0 Å². The van der Waals surface area contributed by atoms with Crippen LogP contribution in [0.3, 0.4) is 0 Å². The van der Waals surface area contributed by atoms with E-state index in [9.17, 15) is 0 Å². The summed E-state index contributed by atoms with van der Waals surface area (Å²) in [7, 11) is 0. The SMILES string of the molecule is CC(C)(C)C1CC(c2cccc(Cl)c2)N(N)C1. The Kier molecular flexibility index (Phi) is 3.48. The van der Waals surface area contributed by atoms with Crippen molar-refractivity contribution in [2.24, 2.45) is 17.2 Å². The average Bonchev–Trinajstić information content (AvgIpc) is 2.60. The Morgan fingerprint density at radius 2 is 2.06 bits per heavy atom. The van der Waals surface area contributed by atoms with Crippen molar-refractivity contribution in [3.63, 3.8) is 0 Å². The number of halogens is 1. The number of hydrogen-bond donors (Lipinski definition) is 1. The van der Waals surface area contributed by atoms with Gasteiger partial charge < -0.3 is 0 Å². The Morgan fingerprint density at radius 1 is 1.35 bits per heavy atom. The molecule has 2 rings (SSSR count). The highest BCUT2D eigenvalue weighted by atomic mass is 35.5. The molecule has 0 bridgehead atoms. The zero-order chi connectivity index (χ0) is 12.6. The van der Waals surface area contributed by atoms with Crippen LogP contribution in [0.1, 0.15) is 38.8 Å². The molecule has 1 aliphatic heterocycles. The van der Waals surface area contributed by atoms with Crippen LogP contribution in [0.25, 0.3) is 0 Å². The maximum atomic E-state index is 6.14. The summed E-state index contributed by atoms with van der Waals surface area (Å²) in [5, 5.41) is 2.75. The van der Waals surface area contributed by atoms with E-state index >= 15 is 0 Å². The van der Waals surface area contributed by atoms with Gasteiger partial charge in [0.05, 0.1) is 0 Å². The summed E-state index contributed by atoms with van der Waals surface area (Å²) < 4.78 is 0. The molecule has 1 saturated heterocycles. The molecule has 3 heteroatoms. The molecule has 0 radical (unpaired) electrons. The van der Waals surface area contributed by atoms with Crippen molar-refractivity contribution in [3.05, 3.63) is 34.9 Å². The predicted octanol–water partition coefficient (Wildman–Crippen LogP) is 3.62. The van der Waals surface area contributed by atoms with Crippen LogP contribution in [0.4, 0.5) is 0 Å². The number of nitrogens with two attached hydrogens (primary N) is 1. The molecule has 0 saturated carbocycles. The van der Waals surface area contributed by atoms with Gasteiger partial charge in [-0.2, -0.15) is 0 Å². The molecule has 2 atom stereocenters. The van der Waals surface area contributed by atoms with Gasteiger partial charge in [-0.3, -0.25) is 5.84 Å². The molecule has 2 N–H and O–H groups in total. The van der Waals surface area contributed by atoms with Crippen LogP contribution < -0.4 is 5.84 Å². The molecular formula is C14H21ClN2. The van der Waals surface area contributed by atoms with Crippen LogP contribution >= 0.6 is 11.6 Å². The largest absolute Gasteiger partial charge is 0.268 e. The van der Waals surface area contributed by atoms with E-state index in [-0.39, 0.29) is 0 Å². The predicted molar refractivity (Wildman–Crippen MR) is 72.6 cm³/mol. The molecule has 0 aliphatic carbocycles. The molecule has 1 aromatic carbocycles. The summed E-state index contributed by atoms with van der Waals surface area (Å²) in [5.74, 6) is 6.77. The van der Waals surface area contributed by atoms with Crippen molar-refractivity contribution in [2.45, 2.75) is 33.2 Å². The van der Waals surface area contributed by atoms with E-state index < -0.39 is 0 Å². The van der Waals surface area contributed by atoms with E-state index in [0.717, 1.165) is 18.0 Å². The Hall–Kier alpha value is -0.570. The van der Waals surface area contributed by atoms with Crippen molar-refractivity contribution in [1.29, 1.82) is 0 Å². The zero-order valence-electron chi connectivity index (χ0n) is 10.8. The molecule has 2 nitrogen and oxygen atoms in total. The van der Waals surface area contributed by atoms with Gasteiger partial charge >= 0.3 is 0 Å². The minimum atomic E-state index is 0.304. The van der Waals surface area contributed by atoms with Crippen LogP contribution in [0, 0.1) is 11.3 Å². The highest BCUT2D eigenvalue weighted by molar-refractivity contribution is 6.30. The summed E-state index contributed by atoms with van der Waals surface area (Å²) in [6.45, 7) is 7.81. The Morgan fingerprint density at radius 3 is 2.59 bits per heavy atom. The monoisotopic (exact) mass is 252 g/mol. The summed E-state index contributed by atoms with van der Waals surface area (Å²) in [4.78, 5) is 0. The minimum absolute atomic E-state index is 0.304. The highest BCUT2D eigenvalue weighted by Crippen LogP contribution is 2.41. The number of hydrogen-bond acceptors (Lipinski definition) is 2. The van der Waals surface area contributed by atoms with E-state index in [0.29, 0.717) is 17.4 Å². The highest BCUT2D eigenvalue weighted by Gasteiger charge is 2.37. The second-order valence-corrected chi connectivity index (χ2v) is 6.50. The van der Waals surface area contributed by atoms with Crippen molar-refractivity contribution in [2.75, 3.05) is 6.54 Å². The van der Waals surface area contributed by atoms with Crippen molar-refractivity contribution >= 4 is 11.6 Å². The molecule has 1 heterocycles. The fourth-order valence-corrected chi connectivity index (χ4v) is 2.73. The minimum Gasteiger partial charge on any atom is -0.268 e. The van der Waals surface area contributed by atoms with E-state index in [4.69, 9.17) is 17.4 Å². The van der Waals surface area contributed by atoms with Crippen LogP contribution in [0.5, 0.6) is 0 Å². The van der Waals surface area contributed by atoms with Crippen LogP contribution in [-0.2, 0) is 0 Å². The van der Waals surface area contributed by atoms with Gasteiger partial charge in [-0.1, -0.05) is 44.5 Å². The Balaban J connectivity index is 2.19. The molecule has 94 valence electrons. The molecule has 2 unspecified atom stereocenters. The third kappa shape index (κ3) is 2.82. The van der Waals surface area contributed by atoms with Crippen molar-refractivity contribution in [1.82, 2.24) is 5.01 Å². The van der Waals surface area contributed by atoms with Crippen molar-refractivity contribution in [3.8, 4) is 0 Å². The van der Waals surface area contributed by atoms with Crippen LogP contribution in [-0.4, -0.2) is 11.6 Å². The van der Waals surface area contributed by atoms with Gasteiger partial charge in [0.1, 0.15) is 0 Å². The molecular weight excluding hydrogens is 232 g/mol. The molecule has 1 aliphatic rings. The average molecular weight is 253 g/mol. The van der Waals surface area contributed by atoms with Gasteiger partial charge in [-0.25, -0.2) is 5.01 Å². The number of rotatable bonds is 1. The van der Waals surface area contributed by atoms with E-state index in [1.165, 1.54) is 5.56 Å². The molecule has 1 aromatic rings. The molecule has 17 heavy (non-hydrogen) atoms. The lowest BCUT2D eigenvalue weighted by Gasteiger charge is -2.26. The quantitative estimate of drug-likeness (QED) is 0.774. The van der Waals surface area contributed by atoms with Gasteiger partial charge in [0.15, 0.2) is 0 Å². The maximum absolute atomic E-state index is 6.14. The summed E-state index contributed by atoms with van der Waals surface area (Å²) in [6.07, 6.45) is 1.11. The fraction of sp³-hybridized carbons (Fsp3) is 0.571. The third-order valence-corrected chi connectivity index (χ3v) is 4.03. The fourth-order valence-electron chi connectivity index (χ4n) is 2.53. The lowest BCUT2D eigenvalue weighted by Crippen LogP contribution is -2.32. The zero-order valence-corrected chi connectivity index (χ0v) is 11.5.